The lowest BCUT2D eigenvalue weighted by atomic mass is 9.78. The fourth-order valence-corrected chi connectivity index (χ4v) is 5.39. The third kappa shape index (κ3) is 2.82. The predicted molar refractivity (Wildman–Crippen MR) is 117 cm³/mol. The first kappa shape index (κ1) is 17.7. The molecule has 2 aliphatic heterocycles. The first-order valence-corrected chi connectivity index (χ1v) is 10.9. The number of rotatable bonds is 2. The topological polar surface area (TPSA) is 37.7 Å². The SMILES string of the molecule is c1ccc(C2CCC3(CC2)Oc2ccccc2[C@H]2CC(c4cccnc4)=NN23)cc1. The molecule has 1 aromatic heterocycles. The van der Waals surface area contributed by atoms with Crippen molar-refractivity contribution < 1.29 is 4.74 Å². The zero-order chi connectivity index (χ0) is 20.0. The number of benzene rings is 2. The summed E-state index contributed by atoms with van der Waals surface area (Å²) in [5, 5.41) is 7.43. The number of ether oxygens (including phenoxy) is 1. The van der Waals surface area contributed by atoms with Crippen molar-refractivity contribution in [3.05, 3.63) is 95.8 Å². The summed E-state index contributed by atoms with van der Waals surface area (Å²) in [6, 6.07) is 23.7. The molecule has 1 spiro atoms. The Hall–Kier alpha value is -3.14. The molecular weight excluding hydrogens is 370 g/mol. The molecule has 1 fully saturated rings. The monoisotopic (exact) mass is 395 g/mol. The Bertz CT molecular complexity index is 1070. The summed E-state index contributed by atoms with van der Waals surface area (Å²) in [5.74, 6) is 1.62. The van der Waals surface area contributed by atoms with Crippen LogP contribution in [0.2, 0.25) is 0 Å². The number of para-hydroxylation sites is 1. The molecule has 2 aromatic carbocycles. The Kier molecular flexibility index (Phi) is 4.12. The van der Waals surface area contributed by atoms with Crippen LogP contribution >= 0.6 is 0 Å². The highest BCUT2D eigenvalue weighted by atomic mass is 16.5. The molecule has 3 aromatic rings. The maximum atomic E-state index is 6.75. The van der Waals surface area contributed by atoms with Gasteiger partial charge < -0.3 is 4.74 Å². The van der Waals surface area contributed by atoms with Gasteiger partial charge in [0, 0.05) is 42.8 Å². The van der Waals surface area contributed by atoms with Crippen LogP contribution in [0.15, 0.2) is 84.2 Å². The van der Waals surface area contributed by atoms with E-state index in [1.54, 1.807) is 0 Å². The second-order valence-corrected chi connectivity index (χ2v) is 8.62. The Morgan fingerprint density at radius 3 is 2.50 bits per heavy atom. The lowest BCUT2D eigenvalue weighted by molar-refractivity contribution is -0.142. The van der Waals surface area contributed by atoms with Crippen LogP contribution < -0.4 is 4.74 Å². The molecular formula is C26H25N3O. The zero-order valence-corrected chi connectivity index (χ0v) is 16.9. The third-order valence-electron chi connectivity index (χ3n) is 6.94. The van der Waals surface area contributed by atoms with Crippen molar-refractivity contribution in [2.24, 2.45) is 5.10 Å². The molecule has 4 nitrogen and oxygen atoms in total. The van der Waals surface area contributed by atoms with E-state index in [0.717, 1.165) is 49.1 Å². The number of nitrogens with zero attached hydrogens (tertiary/aromatic N) is 3. The maximum absolute atomic E-state index is 6.75. The molecule has 4 heteroatoms. The van der Waals surface area contributed by atoms with E-state index in [0.29, 0.717) is 5.92 Å². The Labute approximate surface area is 177 Å². The van der Waals surface area contributed by atoms with Crippen LogP contribution in [-0.2, 0) is 0 Å². The van der Waals surface area contributed by atoms with E-state index in [2.05, 4.69) is 70.7 Å². The Morgan fingerprint density at radius 2 is 1.70 bits per heavy atom. The minimum atomic E-state index is -0.353. The van der Waals surface area contributed by atoms with Gasteiger partial charge in [-0.25, -0.2) is 5.01 Å². The van der Waals surface area contributed by atoms with E-state index in [1.807, 2.05) is 18.5 Å². The molecule has 0 unspecified atom stereocenters. The van der Waals surface area contributed by atoms with Crippen LogP contribution in [0.3, 0.4) is 0 Å². The average molecular weight is 396 g/mol. The molecule has 1 aliphatic carbocycles. The molecule has 1 atom stereocenters. The standard InChI is InChI=1S/C26H25N3O/c1-2-7-19(8-3-1)20-12-14-26(15-13-20)29-24(22-10-4-5-11-25(22)30-26)17-23(28-29)21-9-6-16-27-18-21/h1-11,16,18,20,24H,12-15,17H2/t20?,24-,26?/m1/s1. The molecule has 0 amide bonds. The van der Waals surface area contributed by atoms with Crippen LogP contribution in [0.4, 0.5) is 0 Å². The van der Waals surface area contributed by atoms with Gasteiger partial charge in [0.25, 0.3) is 0 Å². The lowest BCUT2D eigenvalue weighted by Crippen LogP contribution is -2.55. The van der Waals surface area contributed by atoms with E-state index in [1.165, 1.54) is 11.1 Å². The normalized spacial score (nSPS) is 27.2. The van der Waals surface area contributed by atoms with Crippen molar-refractivity contribution in [3.63, 3.8) is 0 Å². The number of fused-ring (bicyclic) bond motifs is 4. The van der Waals surface area contributed by atoms with Crippen molar-refractivity contribution in [2.45, 2.75) is 49.8 Å². The summed E-state index contributed by atoms with van der Waals surface area (Å²) in [6.45, 7) is 0. The first-order chi connectivity index (χ1) is 14.8. The fourth-order valence-electron chi connectivity index (χ4n) is 5.39. The maximum Gasteiger partial charge on any atom is 0.198 e. The lowest BCUT2D eigenvalue weighted by Gasteiger charge is -2.50. The van der Waals surface area contributed by atoms with Gasteiger partial charge in [0.15, 0.2) is 5.72 Å². The summed E-state index contributed by atoms with van der Waals surface area (Å²) in [4.78, 5) is 4.31. The largest absolute Gasteiger partial charge is 0.466 e. The van der Waals surface area contributed by atoms with E-state index >= 15 is 0 Å². The summed E-state index contributed by atoms with van der Waals surface area (Å²) >= 11 is 0. The average Bonchev–Trinajstić information content (AvgIpc) is 3.28. The number of aromatic nitrogens is 1. The van der Waals surface area contributed by atoms with Crippen molar-refractivity contribution in [1.29, 1.82) is 0 Å². The first-order valence-electron chi connectivity index (χ1n) is 10.9. The molecule has 0 saturated heterocycles. The van der Waals surface area contributed by atoms with Crippen LogP contribution in [-0.4, -0.2) is 21.4 Å². The van der Waals surface area contributed by atoms with Crippen molar-refractivity contribution in [1.82, 2.24) is 9.99 Å². The van der Waals surface area contributed by atoms with Gasteiger partial charge in [0.05, 0.1) is 11.8 Å². The van der Waals surface area contributed by atoms with Gasteiger partial charge in [-0.2, -0.15) is 5.10 Å². The molecule has 150 valence electrons. The molecule has 3 aliphatic rings. The quantitative estimate of drug-likeness (QED) is 0.560. The van der Waals surface area contributed by atoms with E-state index in [9.17, 15) is 0 Å². The summed E-state index contributed by atoms with van der Waals surface area (Å²) < 4.78 is 6.75. The third-order valence-corrected chi connectivity index (χ3v) is 6.94. The van der Waals surface area contributed by atoms with Crippen LogP contribution in [0.5, 0.6) is 5.75 Å². The molecule has 3 heterocycles. The number of hydrazone groups is 1. The predicted octanol–water partition coefficient (Wildman–Crippen LogP) is 5.68. The minimum absolute atomic E-state index is 0.235. The molecule has 1 saturated carbocycles. The van der Waals surface area contributed by atoms with Gasteiger partial charge in [-0.3, -0.25) is 4.98 Å². The van der Waals surface area contributed by atoms with Crippen molar-refractivity contribution in [3.8, 4) is 5.75 Å². The highest BCUT2D eigenvalue weighted by Crippen LogP contribution is 2.52. The van der Waals surface area contributed by atoms with Gasteiger partial charge >= 0.3 is 0 Å². The number of pyridine rings is 1. The summed E-state index contributed by atoms with van der Waals surface area (Å²) in [7, 11) is 0. The van der Waals surface area contributed by atoms with Gasteiger partial charge in [0.2, 0.25) is 0 Å². The Morgan fingerprint density at radius 1 is 0.900 bits per heavy atom. The summed E-state index contributed by atoms with van der Waals surface area (Å²) in [5.41, 5.74) is 4.56. The molecule has 0 N–H and O–H groups in total. The highest BCUT2D eigenvalue weighted by Gasteiger charge is 2.51. The van der Waals surface area contributed by atoms with Crippen LogP contribution in [0.25, 0.3) is 0 Å². The number of hydrogen-bond acceptors (Lipinski definition) is 4. The van der Waals surface area contributed by atoms with Gasteiger partial charge in [-0.15, -0.1) is 0 Å². The zero-order valence-electron chi connectivity index (χ0n) is 16.9. The van der Waals surface area contributed by atoms with Gasteiger partial charge in [-0.1, -0.05) is 54.6 Å². The van der Waals surface area contributed by atoms with Crippen molar-refractivity contribution in [2.75, 3.05) is 0 Å². The molecule has 30 heavy (non-hydrogen) atoms. The summed E-state index contributed by atoms with van der Waals surface area (Å²) in [6.07, 6.45) is 8.85. The van der Waals surface area contributed by atoms with E-state index in [4.69, 9.17) is 9.84 Å². The minimum Gasteiger partial charge on any atom is -0.466 e. The van der Waals surface area contributed by atoms with Gasteiger partial charge in [0.1, 0.15) is 5.75 Å². The molecule has 0 radical (unpaired) electrons. The second-order valence-electron chi connectivity index (χ2n) is 8.62. The second kappa shape index (κ2) is 6.98. The fraction of sp³-hybridized carbons (Fsp3) is 0.308. The van der Waals surface area contributed by atoms with Crippen LogP contribution in [0, 0.1) is 0 Å². The number of hydrogen-bond donors (Lipinski definition) is 0. The Balaban J connectivity index is 1.35. The molecule has 0 bridgehead atoms. The van der Waals surface area contributed by atoms with Crippen molar-refractivity contribution >= 4 is 5.71 Å². The van der Waals surface area contributed by atoms with E-state index < -0.39 is 0 Å². The smallest absolute Gasteiger partial charge is 0.198 e. The molecule has 6 rings (SSSR count). The van der Waals surface area contributed by atoms with Gasteiger partial charge in [-0.05, 0) is 36.5 Å². The van der Waals surface area contributed by atoms with E-state index in [-0.39, 0.29) is 11.8 Å². The highest BCUT2D eigenvalue weighted by molar-refractivity contribution is 6.01. The van der Waals surface area contributed by atoms with Crippen LogP contribution in [0.1, 0.15) is 60.8 Å².